The number of halogens is 1. The molecular weight excluding hydrogens is 340 g/mol. The summed E-state index contributed by atoms with van der Waals surface area (Å²) in [5.41, 5.74) is 1.94. The Hall–Kier alpha value is -3.05. The first-order valence-corrected chi connectivity index (χ1v) is 7.96. The Labute approximate surface area is 149 Å². The maximum Gasteiger partial charge on any atom is 0.412 e. The van der Waals surface area contributed by atoms with Crippen LogP contribution in [0.2, 0.25) is 5.02 Å². The largest absolute Gasteiger partial charge is 0.444 e. The molecular formula is C19H15ClN2O3. The number of ether oxygens (including phenoxy) is 1. The number of aromatic nitrogens is 1. The van der Waals surface area contributed by atoms with Gasteiger partial charge in [-0.2, -0.15) is 0 Å². The second-order valence-corrected chi connectivity index (χ2v) is 5.75. The SMILES string of the molecule is O=C(Nc1ccc(-c2cccc(Cl)c2)[nH]c1=O)OCc1ccccc1. The minimum absolute atomic E-state index is 0.115. The van der Waals surface area contributed by atoms with E-state index in [1.165, 1.54) is 6.07 Å². The number of carbonyl (C=O) groups excluding carboxylic acids is 1. The standard InChI is InChI=1S/C19H15ClN2O3/c20-15-8-4-7-14(11-15)16-9-10-17(18(23)21-16)22-19(24)25-12-13-5-2-1-3-6-13/h1-11H,12H2,(H,21,23)(H,22,24). The topological polar surface area (TPSA) is 71.2 Å². The number of amides is 1. The predicted molar refractivity (Wildman–Crippen MR) is 97.8 cm³/mol. The Kier molecular flexibility index (Phi) is 5.16. The van der Waals surface area contributed by atoms with Gasteiger partial charge >= 0.3 is 6.09 Å². The van der Waals surface area contributed by atoms with Crippen LogP contribution in [0.25, 0.3) is 11.3 Å². The van der Waals surface area contributed by atoms with Crippen molar-refractivity contribution in [3.63, 3.8) is 0 Å². The lowest BCUT2D eigenvalue weighted by Crippen LogP contribution is -2.20. The van der Waals surface area contributed by atoms with E-state index in [9.17, 15) is 9.59 Å². The van der Waals surface area contributed by atoms with Crippen LogP contribution < -0.4 is 10.9 Å². The van der Waals surface area contributed by atoms with E-state index in [0.29, 0.717) is 10.7 Å². The number of hydrogen-bond donors (Lipinski definition) is 2. The van der Waals surface area contributed by atoms with Crippen molar-refractivity contribution in [1.82, 2.24) is 4.98 Å². The fourth-order valence-electron chi connectivity index (χ4n) is 2.27. The molecule has 0 saturated heterocycles. The van der Waals surface area contributed by atoms with E-state index in [0.717, 1.165) is 11.1 Å². The highest BCUT2D eigenvalue weighted by Crippen LogP contribution is 2.20. The zero-order valence-corrected chi connectivity index (χ0v) is 13.9. The number of benzene rings is 2. The Balaban J connectivity index is 1.67. The highest BCUT2D eigenvalue weighted by molar-refractivity contribution is 6.30. The van der Waals surface area contributed by atoms with E-state index in [1.54, 1.807) is 24.3 Å². The quantitative estimate of drug-likeness (QED) is 0.727. The lowest BCUT2D eigenvalue weighted by Gasteiger charge is -2.08. The maximum atomic E-state index is 12.1. The summed E-state index contributed by atoms with van der Waals surface area (Å²) in [5.74, 6) is 0. The average molecular weight is 355 g/mol. The van der Waals surface area contributed by atoms with Crippen molar-refractivity contribution in [2.45, 2.75) is 6.61 Å². The second-order valence-electron chi connectivity index (χ2n) is 5.31. The van der Waals surface area contributed by atoms with Gasteiger partial charge in [0.1, 0.15) is 12.3 Å². The number of hydrogen-bond acceptors (Lipinski definition) is 3. The minimum Gasteiger partial charge on any atom is -0.444 e. The van der Waals surface area contributed by atoms with Gasteiger partial charge in [0, 0.05) is 10.7 Å². The van der Waals surface area contributed by atoms with Gasteiger partial charge in [-0.15, -0.1) is 0 Å². The molecule has 0 aliphatic heterocycles. The Morgan fingerprint density at radius 3 is 2.56 bits per heavy atom. The molecule has 0 bridgehead atoms. The molecule has 0 aliphatic carbocycles. The van der Waals surface area contributed by atoms with Crippen molar-refractivity contribution in [2.75, 3.05) is 5.32 Å². The van der Waals surface area contributed by atoms with Crippen LogP contribution in [0.1, 0.15) is 5.56 Å². The predicted octanol–water partition coefficient (Wildman–Crippen LogP) is 4.44. The third-order valence-corrected chi connectivity index (χ3v) is 3.73. The first-order valence-electron chi connectivity index (χ1n) is 7.59. The third-order valence-electron chi connectivity index (χ3n) is 3.49. The van der Waals surface area contributed by atoms with Gasteiger partial charge in [-0.1, -0.05) is 54.1 Å². The Morgan fingerprint density at radius 1 is 1.04 bits per heavy atom. The molecule has 2 aromatic carbocycles. The molecule has 1 amide bonds. The number of anilines is 1. The summed E-state index contributed by atoms with van der Waals surface area (Å²) in [7, 11) is 0. The second kappa shape index (κ2) is 7.68. The van der Waals surface area contributed by atoms with E-state index in [-0.39, 0.29) is 12.3 Å². The van der Waals surface area contributed by atoms with Gasteiger partial charge in [0.2, 0.25) is 0 Å². The van der Waals surface area contributed by atoms with Crippen molar-refractivity contribution < 1.29 is 9.53 Å². The van der Waals surface area contributed by atoms with Crippen LogP contribution in [0.3, 0.4) is 0 Å². The first-order chi connectivity index (χ1) is 12.1. The molecule has 1 heterocycles. The number of carbonyl (C=O) groups is 1. The lowest BCUT2D eigenvalue weighted by atomic mass is 10.1. The van der Waals surface area contributed by atoms with Gasteiger partial charge in [0.05, 0.1) is 0 Å². The van der Waals surface area contributed by atoms with E-state index >= 15 is 0 Å². The summed E-state index contributed by atoms with van der Waals surface area (Å²) in [6.45, 7) is 0.130. The van der Waals surface area contributed by atoms with E-state index in [4.69, 9.17) is 16.3 Å². The molecule has 1 aromatic heterocycles. The van der Waals surface area contributed by atoms with Crippen LogP contribution in [0.5, 0.6) is 0 Å². The molecule has 0 radical (unpaired) electrons. The Bertz CT molecular complexity index is 939. The maximum absolute atomic E-state index is 12.1. The molecule has 25 heavy (non-hydrogen) atoms. The smallest absolute Gasteiger partial charge is 0.412 e. The summed E-state index contributed by atoms with van der Waals surface area (Å²) < 4.78 is 5.10. The molecule has 0 atom stereocenters. The highest BCUT2D eigenvalue weighted by atomic mass is 35.5. The molecule has 0 unspecified atom stereocenters. The average Bonchev–Trinajstić information content (AvgIpc) is 2.62. The molecule has 3 aromatic rings. The van der Waals surface area contributed by atoms with Gasteiger partial charge in [-0.25, -0.2) is 4.79 Å². The van der Waals surface area contributed by atoms with Crippen molar-refractivity contribution in [1.29, 1.82) is 0 Å². The molecule has 5 nitrogen and oxygen atoms in total. The van der Waals surface area contributed by atoms with Crippen molar-refractivity contribution in [2.24, 2.45) is 0 Å². The summed E-state index contributed by atoms with van der Waals surface area (Å²) in [4.78, 5) is 26.7. The lowest BCUT2D eigenvalue weighted by molar-refractivity contribution is 0.155. The summed E-state index contributed by atoms with van der Waals surface area (Å²) in [6, 6.07) is 19.6. The molecule has 3 rings (SSSR count). The van der Waals surface area contributed by atoms with Crippen LogP contribution in [-0.2, 0) is 11.3 Å². The molecule has 6 heteroatoms. The number of nitrogens with one attached hydrogen (secondary N) is 2. The van der Waals surface area contributed by atoms with Gasteiger partial charge in [0.25, 0.3) is 5.56 Å². The molecule has 0 spiro atoms. The monoisotopic (exact) mass is 354 g/mol. The van der Waals surface area contributed by atoms with Gasteiger partial charge in [0.15, 0.2) is 0 Å². The number of pyridine rings is 1. The molecule has 0 aliphatic rings. The zero-order chi connectivity index (χ0) is 17.6. The summed E-state index contributed by atoms with van der Waals surface area (Å²) in [5, 5.41) is 3.01. The van der Waals surface area contributed by atoms with Crippen molar-refractivity contribution in [3.05, 3.63) is 87.7 Å². The number of rotatable bonds is 4. The molecule has 0 fully saturated rings. The molecule has 126 valence electrons. The highest BCUT2D eigenvalue weighted by Gasteiger charge is 2.08. The summed E-state index contributed by atoms with van der Waals surface area (Å²) >= 11 is 5.95. The van der Waals surface area contributed by atoms with Gasteiger partial charge in [-0.3, -0.25) is 10.1 Å². The Morgan fingerprint density at radius 2 is 1.84 bits per heavy atom. The van der Waals surface area contributed by atoms with E-state index < -0.39 is 11.7 Å². The normalized spacial score (nSPS) is 10.3. The molecule has 2 N–H and O–H groups in total. The van der Waals surface area contributed by atoms with Crippen LogP contribution in [0.15, 0.2) is 71.5 Å². The van der Waals surface area contributed by atoms with Crippen LogP contribution >= 0.6 is 11.6 Å². The minimum atomic E-state index is -0.690. The first kappa shape index (κ1) is 16.8. The van der Waals surface area contributed by atoms with E-state index in [2.05, 4.69) is 10.3 Å². The van der Waals surface area contributed by atoms with Crippen molar-refractivity contribution >= 4 is 23.4 Å². The third kappa shape index (κ3) is 4.49. The van der Waals surface area contributed by atoms with Crippen molar-refractivity contribution in [3.8, 4) is 11.3 Å². The fourth-order valence-corrected chi connectivity index (χ4v) is 2.46. The van der Waals surface area contributed by atoms with Crippen LogP contribution in [-0.4, -0.2) is 11.1 Å². The van der Waals surface area contributed by atoms with Crippen LogP contribution in [0.4, 0.5) is 10.5 Å². The fraction of sp³-hybridized carbons (Fsp3) is 0.0526. The van der Waals surface area contributed by atoms with Crippen LogP contribution in [0, 0.1) is 0 Å². The van der Waals surface area contributed by atoms with Gasteiger partial charge in [-0.05, 0) is 35.4 Å². The van der Waals surface area contributed by atoms with E-state index in [1.807, 2.05) is 36.4 Å². The van der Waals surface area contributed by atoms with Gasteiger partial charge < -0.3 is 9.72 Å². The zero-order valence-electron chi connectivity index (χ0n) is 13.2. The summed E-state index contributed by atoms with van der Waals surface area (Å²) in [6.07, 6.45) is -0.690. The number of H-pyrrole nitrogens is 1. The molecule has 0 saturated carbocycles. The number of aromatic amines is 1.